The van der Waals surface area contributed by atoms with Gasteiger partial charge in [-0.05, 0) is 38.8 Å². The maximum atomic E-state index is 12.2. The first-order valence-electron chi connectivity index (χ1n) is 22.3. The molecule has 6 nitrogen and oxygen atoms in total. The van der Waals surface area contributed by atoms with Gasteiger partial charge in [-0.2, -0.15) is 6.42 Å². The number of ether oxygens (including phenoxy) is 1. The van der Waals surface area contributed by atoms with Gasteiger partial charge in [0.1, 0.15) is 6.61 Å². The van der Waals surface area contributed by atoms with Gasteiger partial charge in [-0.3, -0.25) is 16.2 Å². The Hall–Kier alpha value is -0.768. The fraction of sp³-hybridized carbons (Fsp3) is 0.848. The van der Waals surface area contributed by atoms with Gasteiger partial charge in [-0.25, -0.2) is 0 Å². The van der Waals surface area contributed by atoms with E-state index in [0.29, 0.717) is 45.5 Å². The number of unbranched alkanes of at least 4 members (excludes halogenated alkanes) is 21. The predicted molar refractivity (Wildman–Crippen MR) is 227 cm³/mol. The Morgan fingerprint density at radius 1 is 0.604 bits per heavy atom. The summed E-state index contributed by atoms with van der Waals surface area (Å²) in [4.78, 5) is 28.7. The molecule has 1 N–H and O–H groups in total. The average molecular weight is 970 g/mol. The number of hydrogen-bond donors (Lipinski definition) is 1. The van der Waals surface area contributed by atoms with Gasteiger partial charge in [0.05, 0.1) is 0 Å². The van der Waals surface area contributed by atoms with E-state index in [0.717, 1.165) is 57.4 Å². The quantitative estimate of drug-likeness (QED) is 0.0378. The smallest absolute Gasteiger partial charge is 0.504 e. The number of carbonyl (C=O) groups excluding carboxylic acids is 2. The number of amides is 1. The van der Waals surface area contributed by atoms with Crippen molar-refractivity contribution in [3.05, 3.63) is 31.9 Å². The van der Waals surface area contributed by atoms with E-state index in [9.17, 15) is 9.59 Å². The predicted octanol–water partition coefficient (Wildman–Crippen LogP) is 12.6. The van der Waals surface area contributed by atoms with E-state index in [1.165, 1.54) is 128 Å². The van der Waals surface area contributed by atoms with E-state index in [4.69, 9.17) is 4.74 Å². The number of rotatable bonds is 39. The maximum absolute atomic E-state index is 12.2. The Kier molecular flexibility index (Phi) is 50.6. The molecule has 0 spiro atoms. The molecule has 0 rings (SSSR count). The van der Waals surface area contributed by atoms with Gasteiger partial charge in [0.25, 0.3) is 0 Å². The van der Waals surface area contributed by atoms with E-state index in [2.05, 4.69) is 64.1 Å². The van der Waals surface area contributed by atoms with Crippen molar-refractivity contribution in [2.45, 2.75) is 207 Å². The van der Waals surface area contributed by atoms with Crippen molar-refractivity contribution >= 4 is 11.9 Å². The third-order valence-electron chi connectivity index (χ3n) is 9.75. The van der Waals surface area contributed by atoms with Crippen LogP contribution in [-0.2, 0) is 14.3 Å². The summed E-state index contributed by atoms with van der Waals surface area (Å²) in [6.45, 7) is 25.8. The summed E-state index contributed by atoms with van der Waals surface area (Å²) >= 11 is 0. The van der Waals surface area contributed by atoms with Crippen LogP contribution >= 0.6 is 0 Å². The molecular formula is C46H89N3O3U. The molecule has 0 aliphatic rings. The van der Waals surface area contributed by atoms with Gasteiger partial charge < -0.3 is 32.9 Å². The van der Waals surface area contributed by atoms with E-state index < -0.39 is 0 Å². The minimum absolute atomic E-state index is 0. The minimum atomic E-state index is -0.120. The maximum Gasteiger partial charge on any atom is 2.00 e. The Morgan fingerprint density at radius 2 is 1.06 bits per heavy atom. The van der Waals surface area contributed by atoms with Gasteiger partial charge in [-0.1, -0.05) is 169 Å². The topological polar surface area (TPSA) is 61.9 Å². The fourth-order valence-electron chi connectivity index (χ4n) is 6.44. The monoisotopic (exact) mass is 970 g/mol. The van der Waals surface area contributed by atoms with Crippen LogP contribution < -0.4 is 5.32 Å². The molecule has 0 radical (unpaired) electrons. The molecule has 0 fully saturated rings. The second-order valence-electron chi connectivity index (χ2n) is 14.8. The first-order chi connectivity index (χ1) is 25.4. The third kappa shape index (κ3) is 43.8. The second kappa shape index (κ2) is 47.4. The minimum Gasteiger partial charge on any atom is -0.504 e. The van der Waals surface area contributed by atoms with Crippen molar-refractivity contribution in [1.82, 2.24) is 15.1 Å². The van der Waals surface area contributed by atoms with Gasteiger partial charge in [-0.15, -0.1) is 6.54 Å². The fourth-order valence-corrected chi connectivity index (χ4v) is 6.44. The van der Waals surface area contributed by atoms with Crippen LogP contribution in [0.5, 0.6) is 0 Å². The molecular weight excluding hydrogens is 881 g/mol. The molecule has 0 heterocycles. The van der Waals surface area contributed by atoms with Crippen molar-refractivity contribution < 1.29 is 45.4 Å². The summed E-state index contributed by atoms with van der Waals surface area (Å²) in [7, 11) is 0. The molecule has 0 saturated heterocycles. The summed E-state index contributed by atoms with van der Waals surface area (Å²) in [5.41, 5.74) is 0.866. The number of esters is 1. The standard InChI is InChI=1S/C31H60N3O3.C15H29.U/c1-6-10-11-12-13-14-15-16-17-18-19-20-31(36)37-28-27-34(9-4)29(5)21-22-30(35)32-23-26-33(24-7-2)25-8-3;1-3-5-7-9-11-13-15-14-12-10-8-6-4-2;/h4-28H2,1-3H3,(H,32,35);1,4-15H2,2H3;/q2*-1;+2. The van der Waals surface area contributed by atoms with Gasteiger partial charge >= 0.3 is 37.1 Å². The summed E-state index contributed by atoms with van der Waals surface area (Å²) in [5.74, 6) is -0.0679. The van der Waals surface area contributed by atoms with Gasteiger partial charge in [0, 0.05) is 38.2 Å². The van der Waals surface area contributed by atoms with Crippen LogP contribution in [-0.4, -0.2) is 67.6 Å². The Balaban J connectivity index is -0.00000131. The number of carbonyl (C=O) groups is 2. The summed E-state index contributed by atoms with van der Waals surface area (Å²) in [5, 5.41) is 3.02. The molecule has 1 amide bonds. The van der Waals surface area contributed by atoms with Gasteiger partial charge in [0.15, 0.2) is 0 Å². The van der Waals surface area contributed by atoms with Crippen molar-refractivity contribution in [2.75, 3.05) is 45.9 Å². The Bertz CT molecular complexity index is 788. The SMILES string of the molecule is C=C(CCC(=O)NCCN(CCC)CCC)N(C[CH2-])CCOC(=O)CCCCCCCCCCCCC.C=[C-]CCCCCCCCCCCCC.[U+2]. The van der Waals surface area contributed by atoms with Crippen LogP contribution in [0.1, 0.15) is 207 Å². The first-order valence-corrected chi connectivity index (χ1v) is 22.3. The van der Waals surface area contributed by atoms with E-state index in [1.54, 1.807) is 0 Å². The van der Waals surface area contributed by atoms with Crippen LogP contribution in [0.25, 0.3) is 0 Å². The Morgan fingerprint density at radius 3 is 1.49 bits per heavy atom. The molecule has 0 aromatic heterocycles. The molecule has 0 aromatic rings. The molecule has 0 saturated carbocycles. The summed E-state index contributed by atoms with van der Waals surface area (Å²) in [6.07, 6.45) is 37.3. The van der Waals surface area contributed by atoms with E-state index in [1.807, 2.05) is 4.90 Å². The average Bonchev–Trinajstić information content (AvgIpc) is 3.14. The van der Waals surface area contributed by atoms with E-state index in [-0.39, 0.29) is 43.0 Å². The summed E-state index contributed by atoms with van der Waals surface area (Å²) in [6, 6.07) is 0. The number of allylic oxidation sites excluding steroid dienone is 2. The zero-order valence-corrected chi connectivity index (χ0v) is 40.2. The molecule has 0 aromatic carbocycles. The number of nitrogens with zero attached hydrogens (tertiary/aromatic N) is 2. The third-order valence-corrected chi connectivity index (χ3v) is 9.75. The first kappa shape index (κ1) is 56.6. The van der Waals surface area contributed by atoms with Crippen LogP contribution in [0.4, 0.5) is 0 Å². The van der Waals surface area contributed by atoms with Crippen molar-refractivity contribution in [3.63, 3.8) is 0 Å². The molecule has 0 unspecified atom stereocenters. The summed E-state index contributed by atoms with van der Waals surface area (Å²) < 4.78 is 5.42. The molecule has 0 aliphatic heterocycles. The van der Waals surface area contributed by atoms with Crippen LogP contribution in [0.2, 0.25) is 0 Å². The number of hydrogen-bond acceptors (Lipinski definition) is 5. The normalized spacial score (nSPS) is 10.7. The van der Waals surface area contributed by atoms with Crippen LogP contribution in [0.15, 0.2) is 18.9 Å². The van der Waals surface area contributed by atoms with Crippen molar-refractivity contribution in [1.29, 1.82) is 0 Å². The molecule has 0 atom stereocenters. The zero-order valence-electron chi connectivity index (χ0n) is 36.0. The number of nitrogens with one attached hydrogen (secondary N) is 1. The largest absolute Gasteiger partial charge is 2.00 e. The Labute approximate surface area is 355 Å². The van der Waals surface area contributed by atoms with Crippen LogP contribution in [0.3, 0.4) is 0 Å². The second-order valence-corrected chi connectivity index (χ2v) is 14.8. The molecule has 0 bridgehead atoms. The van der Waals surface area contributed by atoms with Crippen molar-refractivity contribution in [2.24, 2.45) is 0 Å². The molecule has 53 heavy (non-hydrogen) atoms. The van der Waals surface area contributed by atoms with Crippen LogP contribution in [0, 0.1) is 44.1 Å². The van der Waals surface area contributed by atoms with Gasteiger partial charge in [0.2, 0.25) is 5.91 Å². The van der Waals surface area contributed by atoms with E-state index >= 15 is 0 Å². The van der Waals surface area contributed by atoms with Crippen molar-refractivity contribution in [3.8, 4) is 0 Å². The molecule has 0 aliphatic carbocycles. The molecule has 310 valence electrons. The molecule has 7 heteroatoms. The zero-order chi connectivity index (χ0) is 38.8.